The van der Waals surface area contributed by atoms with Crippen molar-refractivity contribution in [1.29, 1.82) is 0 Å². The second-order valence-corrected chi connectivity index (χ2v) is 9.74. The van der Waals surface area contributed by atoms with E-state index in [9.17, 15) is 4.79 Å². The SMILES string of the molecule is C=CC(=O)OCCC(C)(CCCCCCCCCCCCCC)C(C)(C)Cl. The maximum atomic E-state index is 11.2. The number of esters is 1. The molecule has 0 amide bonds. The van der Waals surface area contributed by atoms with Gasteiger partial charge in [0, 0.05) is 11.0 Å². The Morgan fingerprint density at radius 1 is 0.852 bits per heavy atom. The second kappa shape index (κ2) is 15.4. The van der Waals surface area contributed by atoms with Gasteiger partial charge >= 0.3 is 5.97 Å². The minimum absolute atomic E-state index is 0.0332. The standard InChI is InChI=1S/C24H45ClO2/c1-6-8-9-10-11-12-13-14-15-16-17-18-19-24(5,23(3,4)25)20-21-27-22(26)7-2/h7H,2,6,8-21H2,1,3-5H3. The van der Waals surface area contributed by atoms with Gasteiger partial charge in [-0.2, -0.15) is 0 Å². The van der Waals surface area contributed by atoms with Gasteiger partial charge in [0.25, 0.3) is 0 Å². The van der Waals surface area contributed by atoms with E-state index in [0.29, 0.717) is 6.61 Å². The van der Waals surface area contributed by atoms with Crippen molar-refractivity contribution in [1.82, 2.24) is 0 Å². The maximum absolute atomic E-state index is 11.2. The molecule has 0 saturated heterocycles. The molecule has 3 heteroatoms. The number of hydrogen-bond acceptors (Lipinski definition) is 2. The second-order valence-electron chi connectivity index (χ2n) is 8.79. The third kappa shape index (κ3) is 13.3. The van der Waals surface area contributed by atoms with Crippen molar-refractivity contribution in [3.8, 4) is 0 Å². The van der Waals surface area contributed by atoms with Crippen molar-refractivity contribution in [2.24, 2.45) is 5.41 Å². The summed E-state index contributed by atoms with van der Waals surface area (Å²) in [6, 6.07) is 0. The number of hydrogen-bond donors (Lipinski definition) is 0. The minimum atomic E-state index is -0.352. The zero-order valence-electron chi connectivity index (χ0n) is 18.6. The highest BCUT2D eigenvalue weighted by molar-refractivity contribution is 6.23. The molecule has 0 aliphatic carbocycles. The monoisotopic (exact) mass is 400 g/mol. The molecule has 0 aromatic rings. The number of halogens is 1. The highest BCUT2D eigenvalue weighted by Gasteiger charge is 2.38. The topological polar surface area (TPSA) is 26.3 Å². The van der Waals surface area contributed by atoms with E-state index in [1.54, 1.807) is 0 Å². The predicted molar refractivity (Wildman–Crippen MR) is 120 cm³/mol. The van der Waals surface area contributed by atoms with Crippen molar-refractivity contribution in [3.63, 3.8) is 0 Å². The highest BCUT2D eigenvalue weighted by atomic mass is 35.5. The van der Waals surface area contributed by atoms with Crippen LogP contribution in [0, 0.1) is 5.41 Å². The van der Waals surface area contributed by atoms with Crippen molar-refractivity contribution < 1.29 is 9.53 Å². The first-order valence-electron chi connectivity index (χ1n) is 11.2. The number of carbonyl (C=O) groups excluding carboxylic acids is 1. The van der Waals surface area contributed by atoms with E-state index in [2.05, 4.69) is 34.3 Å². The summed E-state index contributed by atoms with van der Waals surface area (Å²) in [4.78, 5) is 10.9. The molecule has 0 fully saturated rings. The number of unbranched alkanes of at least 4 members (excludes halogenated alkanes) is 11. The van der Waals surface area contributed by atoms with E-state index in [4.69, 9.17) is 16.3 Å². The Morgan fingerprint density at radius 2 is 1.30 bits per heavy atom. The van der Waals surface area contributed by atoms with Gasteiger partial charge < -0.3 is 4.74 Å². The van der Waals surface area contributed by atoms with Crippen molar-refractivity contribution in [2.45, 2.75) is 122 Å². The van der Waals surface area contributed by atoms with Crippen LogP contribution in [0.4, 0.5) is 0 Å². The molecule has 1 unspecified atom stereocenters. The van der Waals surface area contributed by atoms with Gasteiger partial charge in [-0.1, -0.05) is 97.5 Å². The van der Waals surface area contributed by atoms with Gasteiger partial charge in [-0.3, -0.25) is 0 Å². The first kappa shape index (κ1) is 26.5. The Hall–Kier alpha value is -0.500. The van der Waals surface area contributed by atoms with Crippen LogP contribution in [-0.2, 0) is 9.53 Å². The molecule has 0 saturated carbocycles. The molecule has 0 heterocycles. The first-order chi connectivity index (χ1) is 12.8. The molecule has 0 aromatic carbocycles. The van der Waals surface area contributed by atoms with E-state index < -0.39 is 0 Å². The lowest BCUT2D eigenvalue weighted by atomic mass is 9.72. The largest absolute Gasteiger partial charge is 0.463 e. The number of alkyl halides is 1. The lowest BCUT2D eigenvalue weighted by Gasteiger charge is -2.40. The Morgan fingerprint density at radius 3 is 1.70 bits per heavy atom. The molecule has 0 bridgehead atoms. The van der Waals surface area contributed by atoms with Crippen LogP contribution in [0.2, 0.25) is 0 Å². The zero-order valence-corrected chi connectivity index (χ0v) is 19.3. The predicted octanol–water partition coefficient (Wildman–Crippen LogP) is 8.22. The van der Waals surface area contributed by atoms with Crippen LogP contribution in [0.25, 0.3) is 0 Å². The van der Waals surface area contributed by atoms with Crippen molar-refractivity contribution in [3.05, 3.63) is 12.7 Å². The fourth-order valence-electron chi connectivity index (χ4n) is 3.51. The number of carbonyl (C=O) groups is 1. The average Bonchev–Trinajstić information content (AvgIpc) is 2.61. The molecule has 1 atom stereocenters. The van der Waals surface area contributed by atoms with Gasteiger partial charge in [0.2, 0.25) is 0 Å². The summed E-state index contributed by atoms with van der Waals surface area (Å²) in [5.41, 5.74) is -0.0332. The normalized spacial score (nSPS) is 14.0. The molecular formula is C24H45ClO2. The third-order valence-corrected chi connectivity index (χ3v) is 6.54. The lowest BCUT2D eigenvalue weighted by molar-refractivity contribution is -0.138. The molecule has 0 radical (unpaired) electrons. The van der Waals surface area contributed by atoms with Crippen LogP contribution >= 0.6 is 11.6 Å². The fourth-order valence-corrected chi connectivity index (χ4v) is 3.70. The van der Waals surface area contributed by atoms with Gasteiger partial charge in [0.15, 0.2) is 0 Å². The van der Waals surface area contributed by atoms with Crippen LogP contribution < -0.4 is 0 Å². The Kier molecular flexibility index (Phi) is 15.1. The highest BCUT2D eigenvalue weighted by Crippen LogP contribution is 2.44. The van der Waals surface area contributed by atoms with Crippen LogP contribution in [0.5, 0.6) is 0 Å². The van der Waals surface area contributed by atoms with Gasteiger partial charge in [0.1, 0.15) is 0 Å². The molecule has 0 spiro atoms. The molecule has 0 aliphatic heterocycles. The summed E-state index contributed by atoms with van der Waals surface area (Å²) < 4.78 is 5.18. The summed E-state index contributed by atoms with van der Waals surface area (Å²) in [6.45, 7) is 12.5. The van der Waals surface area contributed by atoms with E-state index in [0.717, 1.165) is 12.8 Å². The van der Waals surface area contributed by atoms with Crippen molar-refractivity contribution in [2.75, 3.05) is 6.61 Å². The minimum Gasteiger partial charge on any atom is -0.463 e. The smallest absolute Gasteiger partial charge is 0.330 e. The average molecular weight is 401 g/mol. The zero-order chi connectivity index (χ0) is 20.6. The summed E-state index contributed by atoms with van der Waals surface area (Å²) in [7, 11) is 0. The van der Waals surface area contributed by atoms with Crippen LogP contribution in [0.15, 0.2) is 12.7 Å². The van der Waals surface area contributed by atoms with E-state index in [1.807, 2.05) is 0 Å². The van der Waals surface area contributed by atoms with E-state index >= 15 is 0 Å². The lowest BCUT2D eigenvalue weighted by Crippen LogP contribution is -2.37. The van der Waals surface area contributed by atoms with Crippen LogP contribution in [0.1, 0.15) is 118 Å². The molecule has 2 nitrogen and oxygen atoms in total. The Balaban J connectivity index is 3.85. The fraction of sp³-hybridized carbons (Fsp3) is 0.875. The van der Waals surface area contributed by atoms with Gasteiger partial charge in [-0.25, -0.2) is 4.79 Å². The molecule has 0 aromatic heterocycles. The Labute approximate surface area is 174 Å². The molecule has 27 heavy (non-hydrogen) atoms. The maximum Gasteiger partial charge on any atom is 0.330 e. The van der Waals surface area contributed by atoms with Gasteiger partial charge in [-0.15, -0.1) is 11.6 Å². The van der Waals surface area contributed by atoms with Crippen LogP contribution in [-0.4, -0.2) is 17.5 Å². The summed E-state index contributed by atoms with van der Waals surface area (Å²) in [5.74, 6) is -0.352. The molecule has 0 N–H and O–H groups in total. The quantitative estimate of drug-likeness (QED) is 0.100. The first-order valence-corrected chi connectivity index (χ1v) is 11.6. The molecular weight excluding hydrogens is 356 g/mol. The summed E-state index contributed by atoms with van der Waals surface area (Å²) in [5, 5.41) is 0. The number of rotatable bonds is 18. The Bertz CT molecular complexity index is 386. The third-order valence-electron chi connectivity index (χ3n) is 6.08. The van der Waals surface area contributed by atoms with Gasteiger partial charge in [0.05, 0.1) is 6.61 Å². The van der Waals surface area contributed by atoms with E-state index in [1.165, 1.54) is 83.1 Å². The van der Waals surface area contributed by atoms with E-state index in [-0.39, 0.29) is 16.3 Å². The van der Waals surface area contributed by atoms with Gasteiger partial charge in [-0.05, 0) is 32.1 Å². The summed E-state index contributed by atoms with van der Waals surface area (Å²) >= 11 is 6.67. The summed E-state index contributed by atoms with van der Waals surface area (Å²) in [6.07, 6.45) is 19.4. The number of ether oxygens (including phenoxy) is 1. The van der Waals surface area contributed by atoms with Crippen LogP contribution in [0.3, 0.4) is 0 Å². The molecule has 0 rings (SSSR count). The molecule has 0 aliphatic rings. The molecule has 160 valence electrons. The van der Waals surface area contributed by atoms with Crippen molar-refractivity contribution >= 4 is 17.6 Å².